The van der Waals surface area contributed by atoms with Gasteiger partial charge >= 0.3 is 0 Å². The summed E-state index contributed by atoms with van der Waals surface area (Å²) in [4.78, 5) is 0. The van der Waals surface area contributed by atoms with E-state index >= 15 is 0 Å². The Morgan fingerprint density at radius 3 is 2.82 bits per heavy atom. The normalized spacial score (nSPS) is 16.6. The molecule has 4 nitrogen and oxygen atoms in total. The van der Waals surface area contributed by atoms with Crippen molar-refractivity contribution in [1.29, 1.82) is 0 Å². The summed E-state index contributed by atoms with van der Waals surface area (Å²) in [5.74, 6) is 0.714. The number of nitrogen functional groups attached to an aromatic ring is 1. The van der Waals surface area contributed by atoms with Gasteiger partial charge in [-0.2, -0.15) is 0 Å². The number of nitrogens with two attached hydrogens (primary N) is 1. The van der Waals surface area contributed by atoms with Gasteiger partial charge in [-0.1, -0.05) is 6.07 Å². The highest BCUT2D eigenvalue weighted by atomic mass is 16.5. The number of ether oxygens (including phenoxy) is 1. The highest BCUT2D eigenvalue weighted by molar-refractivity contribution is 5.73. The second-order valence-electron chi connectivity index (χ2n) is 4.66. The van der Waals surface area contributed by atoms with E-state index in [9.17, 15) is 5.11 Å². The van der Waals surface area contributed by atoms with Gasteiger partial charge in [-0.05, 0) is 31.9 Å². The van der Waals surface area contributed by atoms with Crippen LogP contribution in [-0.2, 0) is 0 Å². The average Bonchev–Trinajstić information content (AvgIpc) is 3.11. The van der Waals surface area contributed by atoms with Gasteiger partial charge in [0.05, 0.1) is 24.6 Å². The van der Waals surface area contributed by atoms with Crippen LogP contribution in [0.2, 0.25) is 0 Å². The molecule has 0 spiro atoms. The molecule has 1 aliphatic rings. The van der Waals surface area contributed by atoms with E-state index in [-0.39, 0.29) is 12.0 Å². The summed E-state index contributed by atoms with van der Waals surface area (Å²) >= 11 is 0. The van der Waals surface area contributed by atoms with Crippen molar-refractivity contribution in [1.82, 2.24) is 0 Å². The zero-order valence-corrected chi connectivity index (χ0v) is 10.2. The number of hydrogen-bond acceptors (Lipinski definition) is 4. The molecule has 0 aliphatic heterocycles. The minimum Gasteiger partial charge on any atom is -0.492 e. The third-order valence-corrected chi connectivity index (χ3v) is 3.31. The second-order valence-corrected chi connectivity index (χ2v) is 4.66. The SMILES string of the molecule is CCOc1cccc(NCC2(CO)CC2)c1N. The predicted octanol–water partition coefficient (Wildman–Crippen LogP) is 1.85. The Hall–Kier alpha value is -1.42. The molecule has 1 saturated carbocycles. The summed E-state index contributed by atoms with van der Waals surface area (Å²) in [6.45, 7) is 3.55. The van der Waals surface area contributed by atoms with Crippen molar-refractivity contribution in [3.63, 3.8) is 0 Å². The summed E-state index contributed by atoms with van der Waals surface area (Å²) in [5, 5.41) is 12.5. The lowest BCUT2D eigenvalue weighted by atomic mass is 10.1. The van der Waals surface area contributed by atoms with E-state index in [4.69, 9.17) is 10.5 Å². The van der Waals surface area contributed by atoms with E-state index in [0.29, 0.717) is 18.0 Å². The van der Waals surface area contributed by atoms with Crippen LogP contribution in [0.25, 0.3) is 0 Å². The Morgan fingerprint density at radius 1 is 1.47 bits per heavy atom. The number of anilines is 2. The fourth-order valence-electron chi connectivity index (χ4n) is 1.83. The molecule has 94 valence electrons. The van der Waals surface area contributed by atoms with Crippen molar-refractivity contribution in [3.8, 4) is 5.75 Å². The van der Waals surface area contributed by atoms with Gasteiger partial charge in [-0.3, -0.25) is 0 Å². The minimum absolute atomic E-state index is 0.0774. The van der Waals surface area contributed by atoms with E-state index < -0.39 is 0 Å². The maximum atomic E-state index is 9.25. The summed E-state index contributed by atoms with van der Waals surface area (Å²) in [7, 11) is 0. The molecule has 1 aromatic carbocycles. The molecule has 1 aromatic rings. The van der Waals surface area contributed by atoms with Crippen molar-refractivity contribution in [2.45, 2.75) is 19.8 Å². The van der Waals surface area contributed by atoms with Gasteiger partial charge in [0.2, 0.25) is 0 Å². The van der Waals surface area contributed by atoms with Crippen LogP contribution in [0.1, 0.15) is 19.8 Å². The number of nitrogens with one attached hydrogen (secondary N) is 1. The number of para-hydroxylation sites is 1. The molecular weight excluding hydrogens is 216 g/mol. The van der Waals surface area contributed by atoms with Crippen LogP contribution in [0.15, 0.2) is 18.2 Å². The van der Waals surface area contributed by atoms with Crippen LogP contribution >= 0.6 is 0 Å². The van der Waals surface area contributed by atoms with E-state index in [1.54, 1.807) is 0 Å². The minimum atomic E-state index is 0.0774. The molecule has 0 unspecified atom stereocenters. The van der Waals surface area contributed by atoms with Gasteiger partial charge in [0.15, 0.2) is 0 Å². The van der Waals surface area contributed by atoms with Gasteiger partial charge < -0.3 is 20.9 Å². The molecular formula is C13H20N2O2. The highest BCUT2D eigenvalue weighted by Crippen LogP contribution is 2.45. The first-order valence-electron chi connectivity index (χ1n) is 6.07. The van der Waals surface area contributed by atoms with E-state index in [1.165, 1.54) is 0 Å². The topological polar surface area (TPSA) is 67.5 Å². The van der Waals surface area contributed by atoms with Gasteiger partial charge in [0.1, 0.15) is 5.75 Å². The Balaban J connectivity index is 2.03. The molecule has 4 heteroatoms. The molecule has 4 N–H and O–H groups in total. The molecule has 0 amide bonds. The number of aliphatic hydroxyl groups excluding tert-OH is 1. The predicted molar refractivity (Wildman–Crippen MR) is 69.3 cm³/mol. The first kappa shape index (κ1) is 12.0. The van der Waals surface area contributed by atoms with Crippen molar-refractivity contribution >= 4 is 11.4 Å². The summed E-state index contributed by atoms with van der Waals surface area (Å²) in [6.07, 6.45) is 2.17. The molecule has 0 aromatic heterocycles. The highest BCUT2D eigenvalue weighted by Gasteiger charge is 2.41. The molecule has 0 atom stereocenters. The lowest BCUT2D eigenvalue weighted by Gasteiger charge is -2.16. The maximum absolute atomic E-state index is 9.25. The van der Waals surface area contributed by atoms with Gasteiger partial charge in [-0.25, -0.2) is 0 Å². The van der Waals surface area contributed by atoms with Gasteiger partial charge in [-0.15, -0.1) is 0 Å². The largest absolute Gasteiger partial charge is 0.492 e. The van der Waals surface area contributed by atoms with Crippen molar-refractivity contribution < 1.29 is 9.84 Å². The number of benzene rings is 1. The zero-order valence-electron chi connectivity index (χ0n) is 10.2. The number of hydrogen-bond donors (Lipinski definition) is 3. The fraction of sp³-hybridized carbons (Fsp3) is 0.538. The Bertz CT molecular complexity index is 389. The Morgan fingerprint density at radius 2 is 2.24 bits per heavy atom. The van der Waals surface area contributed by atoms with Crippen molar-refractivity contribution in [3.05, 3.63) is 18.2 Å². The molecule has 1 aliphatic carbocycles. The summed E-state index contributed by atoms with van der Waals surface area (Å²) < 4.78 is 5.44. The van der Waals surface area contributed by atoms with Crippen LogP contribution < -0.4 is 15.8 Å². The average molecular weight is 236 g/mol. The smallest absolute Gasteiger partial charge is 0.144 e. The fourth-order valence-corrected chi connectivity index (χ4v) is 1.83. The number of rotatable bonds is 6. The van der Waals surface area contributed by atoms with Crippen LogP contribution in [-0.4, -0.2) is 24.9 Å². The van der Waals surface area contributed by atoms with Crippen LogP contribution in [0.5, 0.6) is 5.75 Å². The summed E-state index contributed by atoms with van der Waals surface area (Å²) in [6, 6.07) is 5.72. The Labute approximate surface area is 102 Å². The van der Waals surface area contributed by atoms with Crippen LogP contribution in [0, 0.1) is 5.41 Å². The van der Waals surface area contributed by atoms with Crippen molar-refractivity contribution in [2.75, 3.05) is 30.8 Å². The third-order valence-electron chi connectivity index (χ3n) is 3.31. The molecule has 17 heavy (non-hydrogen) atoms. The molecule has 0 bridgehead atoms. The van der Waals surface area contributed by atoms with E-state index in [0.717, 1.165) is 25.1 Å². The van der Waals surface area contributed by atoms with E-state index in [2.05, 4.69) is 5.32 Å². The first-order valence-corrected chi connectivity index (χ1v) is 6.07. The maximum Gasteiger partial charge on any atom is 0.144 e. The Kier molecular flexibility index (Phi) is 3.43. The third kappa shape index (κ3) is 2.64. The first-order chi connectivity index (χ1) is 8.21. The molecule has 0 heterocycles. The standard InChI is InChI=1S/C13H20N2O2/c1-2-17-11-5-3-4-10(12(11)14)15-8-13(9-16)6-7-13/h3-5,15-16H,2,6-9,14H2,1H3. The number of aliphatic hydroxyl groups is 1. The van der Waals surface area contributed by atoms with E-state index in [1.807, 2.05) is 25.1 Å². The lowest BCUT2D eigenvalue weighted by Crippen LogP contribution is -2.19. The molecule has 0 radical (unpaired) electrons. The van der Waals surface area contributed by atoms with Crippen molar-refractivity contribution in [2.24, 2.45) is 5.41 Å². The van der Waals surface area contributed by atoms with Crippen LogP contribution in [0.4, 0.5) is 11.4 Å². The quantitative estimate of drug-likeness (QED) is 0.659. The monoisotopic (exact) mass is 236 g/mol. The van der Waals surface area contributed by atoms with Gasteiger partial charge in [0.25, 0.3) is 0 Å². The van der Waals surface area contributed by atoms with Gasteiger partial charge in [0, 0.05) is 12.0 Å². The molecule has 2 rings (SSSR count). The molecule has 0 saturated heterocycles. The zero-order chi connectivity index (χ0) is 12.3. The molecule has 1 fully saturated rings. The van der Waals surface area contributed by atoms with Crippen LogP contribution in [0.3, 0.4) is 0 Å². The summed E-state index contributed by atoms with van der Waals surface area (Å²) in [5.41, 5.74) is 7.61. The second kappa shape index (κ2) is 4.84. The lowest BCUT2D eigenvalue weighted by molar-refractivity contribution is 0.220.